The Morgan fingerprint density at radius 2 is 1.89 bits per heavy atom. The summed E-state index contributed by atoms with van der Waals surface area (Å²) >= 11 is 0. The number of methoxy groups -OCH3 is 2. The minimum absolute atomic E-state index is 0.0231. The third kappa shape index (κ3) is 3.23. The van der Waals surface area contributed by atoms with Gasteiger partial charge in [0.15, 0.2) is 5.78 Å². The average Bonchev–Trinajstić information content (AvgIpc) is 2.26. The highest BCUT2D eigenvalue weighted by Gasteiger charge is 2.22. The van der Waals surface area contributed by atoms with Crippen LogP contribution in [0.15, 0.2) is 12.1 Å². The molecule has 0 atom stereocenters. The summed E-state index contributed by atoms with van der Waals surface area (Å²) in [5.41, 5.74) is 6.71. The highest BCUT2D eigenvalue weighted by molar-refractivity contribution is 6.00. The number of benzene rings is 1. The number of carbonyl (C=O) groups excluding carboxylic acids is 1. The van der Waals surface area contributed by atoms with Gasteiger partial charge in [-0.05, 0) is 32.9 Å². The third-order valence-electron chi connectivity index (χ3n) is 2.70. The molecule has 1 aromatic carbocycles. The summed E-state index contributed by atoms with van der Waals surface area (Å²) in [5, 5.41) is 0. The molecule has 18 heavy (non-hydrogen) atoms. The van der Waals surface area contributed by atoms with Crippen LogP contribution in [0.2, 0.25) is 0 Å². The number of ketones is 1. The number of carbonyl (C=O) groups is 1. The molecule has 0 aliphatic carbocycles. The van der Waals surface area contributed by atoms with E-state index in [1.54, 1.807) is 26.4 Å². The molecule has 0 unspecified atom stereocenters. The minimum atomic E-state index is -0.532. The molecule has 0 spiro atoms. The lowest BCUT2D eigenvalue weighted by molar-refractivity contribution is 0.0957. The fourth-order valence-corrected chi connectivity index (χ4v) is 1.89. The number of hydrogen-bond donors (Lipinski definition) is 1. The van der Waals surface area contributed by atoms with Gasteiger partial charge in [0, 0.05) is 17.5 Å². The number of hydrogen-bond acceptors (Lipinski definition) is 4. The van der Waals surface area contributed by atoms with Gasteiger partial charge in [-0.25, -0.2) is 0 Å². The van der Waals surface area contributed by atoms with E-state index < -0.39 is 5.54 Å². The number of Topliss-reactive ketones (excluding diaryl/α,β-unsaturated/α-hetero) is 1. The number of rotatable bonds is 5. The highest BCUT2D eigenvalue weighted by atomic mass is 16.5. The van der Waals surface area contributed by atoms with E-state index >= 15 is 0 Å². The molecule has 0 saturated carbocycles. The largest absolute Gasteiger partial charge is 0.496 e. The van der Waals surface area contributed by atoms with E-state index in [9.17, 15) is 4.79 Å². The van der Waals surface area contributed by atoms with Crippen molar-refractivity contribution in [3.05, 3.63) is 23.3 Å². The maximum Gasteiger partial charge on any atom is 0.168 e. The Morgan fingerprint density at radius 1 is 1.28 bits per heavy atom. The van der Waals surface area contributed by atoms with Crippen molar-refractivity contribution in [3.8, 4) is 11.5 Å². The fraction of sp³-hybridized carbons (Fsp3) is 0.500. The molecule has 0 aromatic heterocycles. The molecule has 1 rings (SSSR count). The molecule has 0 aliphatic rings. The normalized spacial score (nSPS) is 11.2. The van der Waals surface area contributed by atoms with Gasteiger partial charge in [0.1, 0.15) is 11.5 Å². The molecule has 0 heterocycles. The summed E-state index contributed by atoms with van der Waals surface area (Å²) in [6.45, 7) is 5.52. The predicted octanol–water partition coefficient (Wildman–Crippen LogP) is 2.32. The van der Waals surface area contributed by atoms with Crippen molar-refractivity contribution >= 4 is 5.78 Å². The molecule has 1 aromatic rings. The zero-order chi connectivity index (χ0) is 13.9. The van der Waals surface area contributed by atoms with E-state index in [1.807, 2.05) is 20.8 Å². The summed E-state index contributed by atoms with van der Waals surface area (Å²) in [6, 6.07) is 3.49. The molecule has 0 fully saturated rings. The zero-order valence-corrected chi connectivity index (χ0v) is 11.7. The maximum atomic E-state index is 12.2. The van der Waals surface area contributed by atoms with Crippen molar-refractivity contribution in [3.63, 3.8) is 0 Å². The van der Waals surface area contributed by atoms with Gasteiger partial charge in [-0.15, -0.1) is 0 Å². The summed E-state index contributed by atoms with van der Waals surface area (Å²) in [7, 11) is 3.14. The molecular weight excluding hydrogens is 230 g/mol. The first-order chi connectivity index (χ1) is 8.30. The minimum Gasteiger partial charge on any atom is -0.496 e. The van der Waals surface area contributed by atoms with Crippen LogP contribution in [-0.2, 0) is 0 Å². The molecule has 0 aliphatic heterocycles. The second-order valence-corrected chi connectivity index (χ2v) is 5.06. The molecule has 100 valence electrons. The molecular formula is C14H21NO3. The van der Waals surface area contributed by atoms with E-state index in [1.165, 1.54) is 0 Å². The first kappa shape index (κ1) is 14.5. The van der Waals surface area contributed by atoms with Crippen LogP contribution in [0.1, 0.15) is 36.2 Å². The van der Waals surface area contributed by atoms with Crippen molar-refractivity contribution in [1.29, 1.82) is 0 Å². The SMILES string of the molecule is COc1ccc(C(=O)CC(C)(C)N)c(OC)c1C. The lowest BCUT2D eigenvalue weighted by atomic mass is 9.94. The Kier molecular flexibility index (Phi) is 4.35. The van der Waals surface area contributed by atoms with Crippen LogP contribution in [-0.4, -0.2) is 25.5 Å². The van der Waals surface area contributed by atoms with Crippen LogP contribution < -0.4 is 15.2 Å². The van der Waals surface area contributed by atoms with Gasteiger partial charge in [0.2, 0.25) is 0 Å². The van der Waals surface area contributed by atoms with Gasteiger partial charge in [0.05, 0.1) is 19.8 Å². The predicted molar refractivity (Wildman–Crippen MR) is 71.5 cm³/mol. The summed E-state index contributed by atoms with van der Waals surface area (Å²) in [5.74, 6) is 1.24. The van der Waals surface area contributed by atoms with Gasteiger partial charge in [-0.1, -0.05) is 0 Å². The Bertz CT molecular complexity index is 447. The van der Waals surface area contributed by atoms with Crippen LogP contribution in [0.4, 0.5) is 0 Å². The van der Waals surface area contributed by atoms with Crippen LogP contribution in [0.5, 0.6) is 11.5 Å². The second-order valence-electron chi connectivity index (χ2n) is 5.06. The Labute approximate surface area is 108 Å². The van der Waals surface area contributed by atoms with Gasteiger partial charge < -0.3 is 15.2 Å². The van der Waals surface area contributed by atoms with E-state index in [0.717, 1.165) is 5.56 Å². The van der Waals surface area contributed by atoms with Crippen molar-refractivity contribution in [2.75, 3.05) is 14.2 Å². The van der Waals surface area contributed by atoms with Crippen LogP contribution in [0, 0.1) is 6.92 Å². The number of ether oxygens (including phenoxy) is 2. The summed E-state index contributed by atoms with van der Waals surface area (Å²) in [4.78, 5) is 12.2. The molecule has 4 nitrogen and oxygen atoms in total. The van der Waals surface area contributed by atoms with Gasteiger partial charge >= 0.3 is 0 Å². The van der Waals surface area contributed by atoms with E-state index in [-0.39, 0.29) is 12.2 Å². The summed E-state index contributed by atoms with van der Waals surface area (Å²) < 4.78 is 10.5. The Hall–Kier alpha value is -1.55. The van der Waals surface area contributed by atoms with Gasteiger partial charge in [0.25, 0.3) is 0 Å². The number of nitrogens with two attached hydrogens (primary N) is 1. The first-order valence-corrected chi connectivity index (χ1v) is 5.84. The van der Waals surface area contributed by atoms with Crippen molar-refractivity contribution in [2.45, 2.75) is 32.7 Å². The van der Waals surface area contributed by atoms with Crippen molar-refractivity contribution in [2.24, 2.45) is 5.73 Å². The second kappa shape index (κ2) is 5.40. The van der Waals surface area contributed by atoms with Gasteiger partial charge in [-0.3, -0.25) is 4.79 Å². The first-order valence-electron chi connectivity index (χ1n) is 5.84. The van der Waals surface area contributed by atoms with E-state index in [4.69, 9.17) is 15.2 Å². The molecule has 0 saturated heterocycles. The van der Waals surface area contributed by atoms with Crippen molar-refractivity contribution < 1.29 is 14.3 Å². The lowest BCUT2D eigenvalue weighted by Gasteiger charge is -2.19. The lowest BCUT2D eigenvalue weighted by Crippen LogP contribution is -2.34. The monoisotopic (exact) mass is 251 g/mol. The fourth-order valence-electron chi connectivity index (χ4n) is 1.89. The van der Waals surface area contributed by atoms with E-state index in [0.29, 0.717) is 17.1 Å². The molecule has 0 radical (unpaired) electrons. The standard InChI is InChI=1S/C14H21NO3/c1-9-12(17-4)7-6-10(13(9)18-5)11(16)8-14(2,3)15/h6-7H,8,15H2,1-5H3. The Morgan fingerprint density at radius 3 is 2.33 bits per heavy atom. The maximum absolute atomic E-state index is 12.2. The smallest absolute Gasteiger partial charge is 0.168 e. The highest BCUT2D eigenvalue weighted by Crippen LogP contribution is 2.32. The molecule has 4 heteroatoms. The summed E-state index contributed by atoms with van der Waals surface area (Å²) in [6.07, 6.45) is 0.273. The third-order valence-corrected chi connectivity index (χ3v) is 2.70. The molecule has 2 N–H and O–H groups in total. The topological polar surface area (TPSA) is 61.5 Å². The zero-order valence-electron chi connectivity index (χ0n) is 11.7. The van der Waals surface area contributed by atoms with Crippen LogP contribution >= 0.6 is 0 Å². The molecule has 0 amide bonds. The average molecular weight is 251 g/mol. The van der Waals surface area contributed by atoms with Crippen LogP contribution in [0.3, 0.4) is 0 Å². The quantitative estimate of drug-likeness (QED) is 0.816. The van der Waals surface area contributed by atoms with Crippen molar-refractivity contribution in [1.82, 2.24) is 0 Å². The molecule has 0 bridgehead atoms. The van der Waals surface area contributed by atoms with Crippen LogP contribution in [0.25, 0.3) is 0 Å². The van der Waals surface area contributed by atoms with Gasteiger partial charge in [-0.2, -0.15) is 0 Å². The van der Waals surface area contributed by atoms with E-state index in [2.05, 4.69) is 0 Å². The Balaban J connectivity index is 3.17.